The molecule has 1 aliphatic rings. The Balaban J connectivity index is 1.88. The zero-order chi connectivity index (χ0) is 13.8. The van der Waals surface area contributed by atoms with Crippen LogP contribution in [-0.2, 0) is 4.79 Å². The minimum Gasteiger partial charge on any atom is -0.490 e. The van der Waals surface area contributed by atoms with E-state index in [4.69, 9.17) is 4.74 Å². The Labute approximate surface area is 114 Å². The summed E-state index contributed by atoms with van der Waals surface area (Å²) in [5.41, 5.74) is 0.702. The first-order chi connectivity index (χ1) is 9.06. The summed E-state index contributed by atoms with van der Waals surface area (Å²) in [7, 11) is 0. The summed E-state index contributed by atoms with van der Waals surface area (Å²) in [6.45, 7) is 3.23. The maximum Gasteiger partial charge on any atom is 0.159 e. The van der Waals surface area contributed by atoms with Gasteiger partial charge in [-0.2, -0.15) is 0 Å². The lowest BCUT2D eigenvalue weighted by Gasteiger charge is -2.27. The van der Waals surface area contributed by atoms with Gasteiger partial charge in [-0.3, -0.25) is 9.59 Å². The van der Waals surface area contributed by atoms with Gasteiger partial charge in [0.15, 0.2) is 5.78 Å². The molecule has 1 aromatic carbocycles. The number of ether oxygens (including phenoxy) is 1. The van der Waals surface area contributed by atoms with Crippen molar-refractivity contribution in [1.29, 1.82) is 0 Å². The number of Topliss-reactive ketones (excluding diaryl/α,β-unsaturated/α-hetero) is 2. The van der Waals surface area contributed by atoms with Crippen molar-refractivity contribution in [2.24, 2.45) is 5.92 Å². The van der Waals surface area contributed by atoms with Gasteiger partial charge in [0.25, 0.3) is 0 Å². The highest BCUT2D eigenvalue weighted by Gasteiger charge is 2.24. The average molecular weight is 260 g/mol. The van der Waals surface area contributed by atoms with Crippen molar-refractivity contribution in [3.8, 4) is 5.75 Å². The molecule has 0 aliphatic heterocycles. The second-order valence-electron chi connectivity index (χ2n) is 5.28. The molecule has 19 heavy (non-hydrogen) atoms. The van der Waals surface area contributed by atoms with Gasteiger partial charge >= 0.3 is 0 Å². The van der Waals surface area contributed by atoms with E-state index >= 15 is 0 Å². The molecule has 0 saturated heterocycles. The van der Waals surface area contributed by atoms with E-state index in [0.29, 0.717) is 11.3 Å². The zero-order valence-electron chi connectivity index (χ0n) is 11.5. The van der Waals surface area contributed by atoms with Crippen molar-refractivity contribution in [1.82, 2.24) is 0 Å². The molecule has 0 aromatic heterocycles. The molecule has 1 fully saturated rings. The fourth-order valence-corrected chi connectivity index (χ4v) is 2.55. The topological polar surface area (TPSA) is 43.4 Å². The van der Waals surface area contributed by atoms with E-state index in [1.54, 1.807) is 26.0 Å². The Kier molecular flexibility index (Phi) is 4.35. The molecule has 0 atom stereocenters. The predicted molar refractivity (Wildman–Crippen MR) is 73.5 cm³/mol. The number of rotatable bonds is 4. The van der Waals surface area contributed by atoms with Crippen molar-refractivity contribution in [2.45, 2.75) is 45.6 Å². The molecule has 102 valence electrons. The predicted octanol–water partition coefficient (Wildman–Crippen LogP) is 3.42. The summed E-state index contributed by atoms with van der Waals surface area (Å²) >= 11 is 0. The summed E-state index contributed by atoms with van der Waals surface area (Å²) in [6, 6.07) is 7.26. The number of carbonyl (C=O) groups is 2. The minimum absolute atomic E-state index is 0.0634. The Bertz CT molecular complexity index is 453. The summed E-state index contributed by atoms with van der Waals surface area (Å²) < 4.78 is 5.90. The second-order valence-corrected chi connectivity index (χ2v) is 5.28. The van der Waals surface area contributed by atoms with Crippen LogP contribution in [0.25, 0.3) is 0 Å². The number of ketones is 2. The van der Waals surface area contributed by atoms with Gasteiger partial charge in [0.05, 0.1) is 6.10 Å². The number of hydrogen-bond acceptors (Lipinski definition) is 3. The summed E-state index contributed by atoms with van der Waals surface area (Å²) in [6.07, 6.45) is 3.90. The van der Waals surface area contributed by atoms with E-state index in [2.05, 4.69) is 0 Å². The number of hydrogen-bond donors (Lipinski definition) is 0. The van der Waals surface area contributed by atoms with Crippen LogP contribution in [-0.4, -0.2) is 17.7 Å². The second kappa shape index (κ2) is 6.00. The van der Waals surface area contributed by atoms with Gasteiger partial charge in [-0.25, -0.2) is 0 Å². The molecule has 0 N–H and O–H groups in total. The minimum atomic E-state index is 0.0634. The first-order valence-electron chi connectivity index (χ1n) is 6.84. The van der Waals surface area contributed by atoms with Gasteiger partial charge in [0.2, 0.25) is 0 Å². The van der Waals surface area contributed by atoms with Gasteiger partial charge in [-0.05, 0) is 63.8 Å². The SMILES string of the molecule is CC(=O)c1ccc(OC2CCC(C(C)=O)CC2)cc1. The molecule has 3 nitrogen and oxygen atoms in total. The van der Waals surface area contributed by atoms with E-state index in [9.17, 15) is 9.59 Å². The van der Waals surface area contributed by atoms with E-state index in [0.717, 1.165) is 31.4 Å². The molecule has 0 bridgehead atoms. The van der Waals surface area contributed by atoms with Gasteiger partial charge in [-0.15, -0.1) is 0 Å². The molecule has 0 heterocycles. The lowest BCUT2D eigenvalue weighted by Crippen LogP contribution is -2.27. The van der Waals surface area contributed by atoms with Gasteiger partial charge < -0.3 is 4.74 Å². The average Bonchev–Trinajstić information content (AvgIpc) is 2.40. The van der Waals surface area contributed by atoms with Crippen molar-refractivity contribution in [2.75, 3.05) is 0 Å². The lowest BCUT2D eigenvalue weighted by atomic mass is 9.85. The molecule has 2 rings (SSSR count). The van der Waals surface area contributed by atoms with Crippen LogP contribution in [0.4, 0.5) is 0 Å². The van der Waals surface area contributed by atoms with Crippen LogP contribution in [0.1, 0.15) is 49.9 Å². The quantitative estimate of drug-likeness (QED) is 0.779. The summed E-state index contributed by atoms with van der Waals surface area (Å²) in [5.74, 6) is 1.38. The van der Waals surface area contributed by atoms with Crippen molar-refractivity contribution in [3.63, 3.8) is 0 Å². The number of carbonyl (C=O) groups excluding carboxylic acids is 2. The normalized spacial score (nSPS) is 22.8. The molecule has 0 spiro atoms. The number of benzene rings is 1. The fourth-order valence-electron chi connectivity index (χ4n) is 2.55. The van der Waals surface area contributed by atoms with E-state index in [1.807, 2.05) is 12.1 Å². The van der Waals surface area contributed by atoms with Crippen molar-refractivity contribution in [3.05, 3.63) is 29.8 Å². The molecule has 1 saturated carbocycles. The lowest BCUT2D eigenvalue weighted by molar-refractivity contribution is -0.122. The van der Waals surface area contributed by atoms with Gasteiger partial charge in [0.1, 0.15) is 11.5 Å². The van der Waals surface area contributed by atoms with Crippen LogP contribution < -0.4 is 4.74 Å². The first kappa shape index (κ1) is 13.8. The maximum absolute atomic E-state index is 11.3. The van der Waals surface area contributed by atoms with Crippen LogP contribution in [0.5, 0.6) is 5.75 Å². The highest BCUT2D eigenvalue weighted by molar-refractivity contribution is 5.94. The zero-order valence-corrected chi connectivity index (χ0v) is 11.5. The van der Waals surface area contributed by atoms with Crippen molar-refractivity contribution < 1.29 is 14.3 Å². The molecule has 1 aliphatic carbocycles. The Hall–Kier alpha value is -1.64. The van der Waals surface area contributed by atoms with E-state index in [-0.39, 0.29) is 17.8 Å². The van der Waals surface area contributed by atoms with Crippen molar-refractivity contribution >= 4 is 11.6 Å². The first-order valence-corrected chi connectivity index (χ1v) is 6.84. The highest BCUT2D eigenvalue weighted by atomic mass is 16.5. The molecule has 0 unspecified atom stereocenters. The molecule has 0 radical (unpaired) electrons. The summed E-state index contributed by atoms with van der Waals surface area (Å²) in [4.78, 5) is 22.5. The molecular formula is C16H20O3. The van der Waals surface area contributed by atoms with E-state index < -0.39 is 0 Å². The van der Waals surface area contributed by atoms with Crippen LogP contribution in [0.2, 0.25) is 0 Å². The molecule has 3 heteroatoms. The Morgan fingerprint density at radius 3 is 2.05 bits per heavy atom. The van der Waals surface area contributed by atoms with E-state index in [1.165, 1.54) is 0 Å². The van der Waals surface area contributed by atoms with Crippen LogP contribution in [0.3, 0.4) is 0 Å². The van der Waals surface area contributed by atoms with Crippen LogP contribution in [0.15, 0.2) is 24.3 Å². The third kappa shape index (κ3) is 3.66. The smallest absolute Gasteiger partial charge is 0.159 e. The Morgan fingerprint density at radius 1 is 1.00 bits per heavy atom. The van der Waals surface area contributed by atoms with Gasteiger partial charge in [0, 0.05) is 11.5 Å². The maximum atomic E-state index is 11.3. The van der Waals surface area contributed by atoms with Gasteiger partial charge in [-0.1, -0.05) is 0 Å². The molecular weight excluding hydrogens is 240 g/mol. The van der Waals surface area contributed by atoms with Crippen LogP contribution >= 0.6 is 0 Å². The standard InChI is InChI=1S/C16H20O3/c1-11(17)13-3-7-15(8-4-13)19-16-9-5-14(6-10-16)12(2)18/h3-4,7-8,14,16H,5-6,9-10H2,1-2H3. The summed E-state index contributed by atoms with van der Waals surface area (Å²) in [5, 5.41) is 0. The highest BCUT2D eigenvalue weighted by Crippen LogP contribution is 2.28. The van der Waals surface area contributed by atoms with Crippen LogP contribution in [0, 0.1) is 5.92 Å². The largest absolute Gasteiger partial charge is 0.490 e. The monoisotopic (exact) mass is 260 g/mol. The Morgan fingerprint density at radius 2 is 1.58 bits per heavy atom. The third-order valence-corrected chi connectivity index (χ3v) is 3.81. The fraction of sp³-hybridized carbons (Fsp3) is 0.500. The molecule has 1 aromatic rings. The molecule has 0 amide bonds. The third-order valence-electron chi connectivity index (χ3n) is 3.81.